The Bertz CT molecular complexity index is 1270. The third-order valence-electron chi connectivity index (χ3n) is 6.08. The molecule has 1 unspecified atom stereocenters. The van der Waals surface area contributed by atoms with Crippen LogP contribution in [0.15, 0.2) is 47.2 Å². The van der Waals surface area contributed by atoms with Crippen LogP contribution >= 0.6 is 15.9 Å². The molecule has 11 nitrogen and oxygen atoms in total. The molecule has 0 aliphatic carbocycles. The van der Waals surface area contributed by atoms with E-state index in [1.165, 1.54) is 12.4 Å². The molecule has 37 heavy (non-hydrogen) atoms. The normalized spacial score (nSPS) is 15.3. The van der Waals surface area contributed by atoms with Crippen molar-refractivity contribution in [2.75, 3.05) is 44.6 Å². The molecule has 1 fully saturated rings. The molecular weight excluding hydrogens is 544 g/mol. The molecule has 1 atom stereocenters. The molecule has 1 aliphatic heterocycles. The van der Waals surface area contributed by atoms with Crippen molar-refractivity contribution in [1.82, 2.24) is 19.8 Å². The maximum absolute atomic E-state index is 12.0. The molecule has 12 heteroatoms. The first-order chi connectivity index (χ1) is 17.9. The molecule has 1 aliphatic rings. The van der Waals surface area contributed by atoms with Crippen molar-refractivity contribution in [2.45, 2.75) is 26.5 Å². The number of ether oxygens (including phenoxy) is 2. The van der Waals surface area contributed by atoms with E-state index in [0.29, 0.717) is 55.9 Å². The first kappa shape index (κ1) is 26.7. The predicted octanol–water partition coefficient (Wildman–Crippen LogP) is 4.34. The minimum absolute atomic E-state index is 0.154. The third kappa shape index (κ3) is 6.70. The summed E-state index contributed by atoms with van der Waals surface area (Å²) in [5.74, 6) is 0.384. The molecule has 0 amide bonds. The number of carbonyl (C=O) groups excluding carboxylic acids is 1. The number of nitrogens with one attached hydrogen (secondary N) is 1. The SMILES string of the molecule is CCOC(=O)CN1CCN(C(CC)Oc2cc3ncnc(Nc4cccc(Br)c4)c3cc2[N+](=O)[O-])CC1. The topological polar surface area (TPSA) is 123 Å². The van der Waals surface area contributed by atoms with Gasteiger partial charge in [-0.1, -0.05) is 28.9 Å². The van der Waals surface area contributed by atoms with Gasteiger partial charge in [0.1, 0.15) is 12.1 Å². The van der Waals surface area contributed by atoms with Gasteiger partial charge in [-0.15, -0.1) is 0 Å². The first-order valence-electron chi connectivity index (χ1n) is 12.1. The van der Waals surface area contributed by atoms with Crippen LogP contribution in [0.3, 0.4) is 0 Å². The summed E-state index contributed by atoms with van der Waals surface area (Å²) in [5, 5.41) is 15.7. The van der Waals surface area contributed by atoms with E-state index in [9.17, 15) is 14.9 Å². The number of fused-ring (bicyclic) bond motifs is 1. The molecule has 1 saturated heterocycles. The number of aromatic nitrogens is 2. The number of hydrogen-bond donors (Lipinski definition) is 1. The van der Waals surface area contributed by atoms with Crippen LogP contribution in [0.1, 0.15) is 20.3 Å². The summed E-state index contributed by atoms with van der Waals surface area (Å²) < 4.78 is 12.1. The number of nitrogens with zero attached hydrogens (tertiary/aromatic N) is 5. The summed E-state index contributed by atoms with van der Waals surface area (Å²) in [6, 6.07) is 10.6. The summed E-state index contributed by atoms with van der Waals surface area (Å²) in [4.78, 5) is 36.2. The van der Waals surface area contributed by atoms with Crippen LogP contribution in [-0.4, -0.2) is 76.2 Å². The highest BCUT2D eigenvalue weighted by Crippen LogP contribution is 2.36. The first-order valence-corrected chi connectivity index (χ1v) is 12.9. The molecule has 3 aromatic rings. The van der Waals surface area contributed by atoms with Gasteiger partial charge < -0.3 is 14.8 Å². The molecule has 0 radical (unpaired) electrons. The lowest BCUT2D eigenvalue weighted by molar-refractivity contribution is -0.386. The van der Waals surface area contributed by atoms with E-state index in [1.54, 1.807) is 13.0 Å². The van der Waals surface area contributed by atoms with E-state index < -0.39 is 4.92 Å². The van der Waals surface area contributed by atoms with Gasteiger partial charge in [0.25, 0.3) is 0 Å². The average Bonchev–Trinajstić information content (AvgIpc) is 2.87. The monoisotopic (exact) mass is 572 g/mol. The summed E-state index contributed by atoms with van der Waals surface area (Å²) in [7, 11) is 0. The molecule has 0 spiro atoms. The van der Waals surface area contributed by atoms with Crippen LogP contribution in [0.25, 0.3) is 10.9 Å². The fourth-order valence-corrected chi connectivity index (χ4v) is 4.67. The maximum atomic E-state index is 12.0. The Labute approximate surface area is 223 Å². The van der Waals surface area contributed by atoms with Gasteiger partial charge in [-0.05, 0) is 31.5 Å². The van der Waals surface area contributed by atoms with Crippen LogP contribution in [0.2, 0.25) is 0 Å². The maximum Gasteiger partial charge on any atom is 0.320 e. The highest BCUT2D eigenvalue weighted by Gasteiger charge is 2.28. The fourth-order valence-electron chi connectivity index (χ4n) is 4.27. The van der Waals surface area contributed by atoms with Crippen molar-refractivity contribution in [3.8, 4) is 5.75 Å². The Morgan fingerprint density at radius 3 is 2.65 bits per heavy atom. The smallest absolute Gasteiger partial charge is 0.320 e. The number of halogens is 1. The number of nitro benzene ring substituents is 1. The van der Waals surface area contributed by atoms with Gasteiger partial charge in [0, 0.05) is 48.5 Å². The van der Waals surface area contributed by atoms with E-state index in [-0.39, 0.29) is 30.2 Å². The molecule has 2 aromatic carbocycles. The molecule has 0 bridgehead atoms. The Kier molecular flexibility index (Phi) is 8.85. The van der Waals surface area contributed by atoms with E-state index in [0.717, 1.165) is 10.2 Å². The lowest BCUT2D eigenvalue weighted by atomic mass is 10.2. The van der Waals surface area contributed by atoms with Gasteiger partial charge in [-0.3, -0.25) is 24.7 Å². The number of hydrogen-bond acceptors (Lipinski definition) is 10. The average molecular weight is 573 g/mol. The van der Waals surface area contributed by atoms with Crippen molar-refractivity contribution in [1.29, 1.82) is 0 Å². The van der Waals surface area contributed by atoms with Crippen molar-refractivity contribution in [3.05, 3.63) is 57.3 Å². The lowest BCUT2D eigenvalue weighted by Crippen LogP contribution is -2.52. The van der Waals surface area contributed by atoms with Crippen molar-refractivity contribution in [3.63, 3.8) is 0 Å². The molecule has 2 heterocycles. The standard InChI is InChI=1S/C25H29BrN6O5/c1-3-23(31-10-8-30(9-11-31)15-24(33)36-4-2)37-22-14-20-19(13-21(22)32(34)35)25(28-16-27-20)29-18-7-5-6-17(26)12-18/h5-7,12-14,16,23H,3-4,8-11,15H2,1-2H3,(H,27,28,29). The zero-order chi connectivity index (χ0) is 26.4. The Morgan fingerprint density at radius 2 is 1.97 bits per heavy atom. The second kappa shape index (κ2) is 12.3. The number of benzene rings is 2. The van der Waals surface area contributed by atoms with Crippen LogP contribution in [0.5, 0.6) is 5.75 Å². The number of nitro groups is 1. The van der Waals surface area contributed by atoms with Gasteiger partial charge in [0.05, 0.1) is 29.0 Å². The van der Waals surface area contributed by atoms with E-state index in [2.05, 4.69) is 36.1 Å². The number of piperazine rings is 1. The van der Waals surface area contributed by atoms with Crippen molar-refractivity contribution < 1.29 is 19.2 Å². The van der Waals surface area contributed by atoms with E-state index in [1.807, 2.05) is 36.1 Å². The van der Waals surface area contributed by atoms with Crippen molar-refractivity contribution >= 4 is 50.0 Å². The molecule has 1 N–H and O–H groups in total. The quantitative estimate of drug-likeness (QED) is 0.213. The molecule has 1 aromatic heterocycles. The summed E-state index contributed by atoms with van der Waals surface area (Å²) in [6.45, 7) is 7.07. The zero-order valence-electron chi connectivity index (χ0n) is 20.7. The minimum Gasteiger partial charge on any atom is -0.468 e. The van der Waals surface area contributed by atoms with Gasteiger partial charge in [-0.25, -0.2) is 9.97 Å². The van der Waals surface area contributed by atoms with E-state index >= 15 is 0 Å². The fraction of sp³-hybridized carbons (Fsp3) is 0.400. The van der Waals surface area contributed by atoms with Crippen molar-refractivity contribution in [2.24, 2.45) is 0 Å². The second-order valence-corrected chi connectivity index (χ2v) is 9.47. The van der Waals surface area contributed by atoms with Gasteiger partial charge in [-0.2, -0.15) is 0 Å². The number of carbonyl (C=O) groups is 1. The Hall–Kier alpha value is -3.35. The summed E-state index contributed by atoms with van der Waals surface area (Å²) in [5.41, 5.74) is 1.16. The van der Waals surface area contributed by atoms with Gasteiger partial charge in [0.2, 0.25) is 5.75 Å². The van der Waals surface area contributed by atoms with Gasteiger partial charge in [0.15, 0.2) is 6.23 Å². The minimum atomic E-state index is -0.450. The van der Waals surface area contributed by atoms with Gasteiger partial charge >= 0.3 is 11.7 Å². The van der Waals surface area contributed by atoms with Crippen LogP contribution in [0, 0.1) is 10.1 Å². The van der Waals surface area contributed by atoms with E-state index in [4.69, 9.17) is 9.47 Å². The summed E-state index contributed by atoms with van der Waals surface area (Å²) in [6.07, 6.45) is 1.69. The van der Waals surface area contributed by atoms with Crippen LogP contribution in [0.4, 0.5) is 17.2 Å². The Morgan fingerprint density at radius 1 is 1.19 bits per heavy atom. The second-order valence-electron chi connectivity index (χ2n) is 8.55. The lowest BCUT2D eigenvalue weighted by Gasteiger charge is -2.38. The zero-order valence-corrected chi connectivity index (χ0v) is 22.3. The summed E-state index contributed by atoms with van der Waals surface area (Å²) >= 11 is 3.44. The molecule has 0 saturated carbocycles. The number of esters is 1. The number of rotatable bonds is 10. The van der Waals surface area contributed by atoms with Crippen LogP contribution < -0.4 is 10.1 Å². The molecule has 4 rings (SSSR count). The Balaban J connectivity index is 1.53. The molecule has 196 valence electrons. The number of anilines is 2. The third-order valence-corrected chi connectivity index (χ3v) is 6.58. The largest absolute Gasteiger partial charge is 0.468 e. The highest BCUT2D eigenvalue weighted by atomic mass is 79.9. The predicted molar refractivity (Wildman–Crippen MR) is 143 cm³/mol. The highest BCUT2D eigenvalue weighted by molar-refractivity contribution is 9.10. The van der Waals surface area contributed by atoms with Crippen LogP contribution in [-0.2, 0) is 9.53 Å². The molecular formula is C25H29BrN6O5.